The van der Waals surface area contributed by atoms with Gasteiger partial charge in [-0.3, -0.25) is 9.78 Å². The van der Waals surface area contributed by atoms with Crippen LogP contribution in [0.15, 0.2) is 48.8 Å². The number of carbonyl (C=O) groups excluding carboxylic acids is 1. The molecule has 26 heavy (non-hydrogen) atoms. The molecule has 0 saturated heterocycles. The number of para-hydroxylation sites is 2. The Balaban J connectivity index is 1.52. The van der Waals surface area contributed by atoms with Crippen molar-refractivity contribution in [2.75, 3.05) is 0 Å². The minimum absolute atomic E-state index is 0.0403. The van der Waals surface area contributed by atoms with Crippen LogP contribution in [0.5, 0.6) is 0 Å². The highest BCUT2D eigenvalue weighted by Gasteiger charge is 2.44. The Labute approximate surface area is 153 Å². The number of imidazole rings is 1. The molecule has 1 amide bonds. The molecule has 1 aromatic carbocycles. The standard InChI is InChI=1S/C21H24N4O/c1-13(2)25-19-9-5-4-8-18(19)24-20(25)14(3)23-21(26)17-11-16(17)15-7-6-10-22-12-15/h4-10,12-14,16-17H,11H2,1-3H3,(H,23,26)/t14?,16-,17+/m0/s1. The first-order valence-corrected chi connectivity index (χ1v) is 9.23. The molecule has 1 fully saturated rings. The molecule has 2 heterocycles. The van der Waals surface area contributed by atoms with Gasteiger partial charge in [0.05, 0.1) is 17.1 Å². The van der Waals surface area contributed by atoms with Crippen LogP contribution in [0.3, 0.4) is 0 Å². The Morgan fingerprint density at radius 1 is 1.19 bits per heavy atom. The fourth-order valence-electron chi connectivity index (χ4n) is 3.74. The van der Waals surface area contributed by atoms with Gasteiger partial charge in [-0.15, -0.1) is 0 Å². The van der Waals surface area contributed by atoms with Gasteiger partial charge in [0.1, 0.15) is 5.82 Å². The van der Waals surface area contributed by atoms with E-state index in [2.05, 4.69) is 34.8 Å². The summed E-state index contributed by atoms with van der Waals surface area (Å²) in [6.07, 6.45) is 4.52. The summed E-state index contributed by atoms with van der Waals surface area (Å²) in [6.45, 7) is 6.30. The van der Waals surface area contributed by atoms with Crippen LogP contribution in [0, 0.1) is 5.92 Å². The van der Waals surface area contributed by atoms with Crippen LogP contribution < -0.4 is 5.32 Å². The number of nitrogens with one attached hydrogen (secondary N) is 1. The average molecular weight is 348 g/mol. The number of benzene rings is 1. The average Bonchev–Trinajstić information content (AvgIpc) is 3.35. The molecule has 5 nitrogen and oxygen atoms in total. The lowest BCUT2D eigenvalue weighted by Crippen LogP contribution is -2.30. The molecule has 0 radical (unpaired) electrons. The molecular weight excluding hydrogens is 324 g/mol. The second-order valence-corrected chi connectivity index (χ2v) is 7.39. The van der Waals surface area contributed by atoms with Gasteiger partial charge in [0.2, 0.25) is 5.91 Å². The lowest BCUT2D eigenvalue weighted by Gasteiger charge is -2.19. The molecule has 4 rings (SSSR count). The first-order valence-electron chi connectivity index (χ1n) is 9.23. The number of hydrogen-bond acceptors (Lipinski definition) is 3. The molecule has 0 bridgehead atoms. The van der Waals surface area contributed by atoms with E-state index in [9.17, 15) is 4.79 Å². The third-order valence-electron chi connectivity index (χ3n) is 5.13. The van der Waals surface area contributed by atoms with Crippen molar-refractivity contribution in [3.8, 4) is 0 Å². The van der Waals surface area contributed by atoms with Gasteiger partial charge in [-0.25, -0.2) is 4.98 Å². The maximum absolute atomic E-state index is 12.7. The topological polar surface area (TPSA) is 59.8 Å². The first-order chi connectivity index (χ1) is 12.6. The van der Waals surface area contributed by atoms with Crippen LogP contribution in [-0.4, -0.2) is 20.4 Å². The minimum atomic E-state index is -0.132. The molecular formula is C21H24N4O. The number of amides is 1. The Kier molecular flexibility index (Phi) is 4.23. The van der Waals surface area contributed by atoms with E-state index in [-0.39, 0.29) is 23.9 Å². The SMILES string of the molecule is CC(NC(=O)[C@@H]1C[C@H]1c1cccnc1)c1nc2ccccc2n1C(C)C. The third-order valence-corrected chi connectivity index (χ3v) is 5.13. The number of fused-ring (bicyclic) bond motifs is 1. The molecule has 1 aliphatic carbocycles. The molecule has 5 heteroatoms. The number of pyridine rings is 1. The van der Waals surface area contributed by atoms with Gasteiger partial charge in [0.15, 0.2) is 0 Å². The molecule has 1 aliphatic rings. The van der Waals surface area contributed by atoms with E-state index in [4.69, 9.17) is 4.98 Å². The second-order valence-electron chi connectivity index (χ2n) is 7.39. The molecule has 1 saturated carbocycles. The van der Waals surface area contributed by atoms with Crippen LogP contribution in [-0.2, 0) is 4.79 Å². The van der Waals surface area contributed by atoms with Crippen LogP contribution in [0.1, 0.15) is 56.6 Å². The monoisotopic (exact) mass is 348 g/mol. The van der Waals surface area contributed by atoms with E-state index in [0.29, 0.717) is 5.92 Å². The molecule has 1 N–H and O–H groups in total. The van der Waals surface area contributed by atoms with E-state index < -0.39 is 0 Å². The molecule has 0 aliphatic heterocycles. The van der Waals surface area contributed by atoms with Crippen LogP contribution in [0.4, 0.5) is 0 Å². The van der Waals surface area contributed by atoms with Gasteiger partial charge < -0.3 is 9.88 Å². The van der Waals surface area contributed by atoms with Crippen molar-refractivity contribution in [3.05, 3.63) is 60.2 Å². The number of hydrogen-bond donors (Lipinski definition) is 1. The van der Waals surface area contributed by atoms with Crippen molar-refractivity contribution in [2.24, 2.45) is 5.92 Å². The Hall–Kier alpha value is -2.69. The summed E-state index contributed by atoms with van der Waals surface area (Å²) in [6, 6.07) is 12.2. The Bertz CT molecular complexity index is 932. The maximum atomic E-state index is 12.7. The number of carbonyl (C=O) groups is 1. The fraction of sp³-hybridized carbons (Fsp3) is 0.381. The van der Waals surface area contributed by atoms with Crippen LogP contribution in [0.25, 0.3) is 11.0 Å². The quantitative estimate of drug-likeness (QED) is 0.758. The van der Waals surface area contributed by atoms with Gasteiger partial charge in [0.25, 0.3) is 0 Å². The summed E-state index contributed by atoms with van der Waals surface area (Å²) in [4.78, 5) is 21.6. The van der Waals surface area contributed by atoms with Gasteiger partial charge in [-0.2, -0.15) is 0 Å². The molecule has 1 unspecified atom stereocenters. The highest BCUT2D eigenvalue weighted by Crippen LogP contribution is 2.47. The van der Waals surface area contributed by atoms with Gasteiger partial charge in [-0.1, -0.05) is 18.2 Å². The molecule has 0 spiro atoms. The summed E-state index contributed by atoms with van der Waals surface area (Å²) < 4.78 is 2.21. The summed E-state index contributed by atoms with van der Waals surface area (Å²) in [5, 5.41) is 3.17. The zero-order chi connectivity index (χ0) is 18.3. The summed E-state index contributed by atoms with van der Waals surface area (Å²) in [7, 11) is 0. The lowest BCUT2D eigenvalue weighted by atomic mass is 10.1. The second kappa shape index (κ2) is 6.56. The van der Waals surface area contributed by atoms with Gasteiger partial charge in [0, 0.05) is 24.4 Å². The summed E-state index contributed by atoms with van der Waals surface area (Å²) in [5.74, 6) is 1.35. The minimum Gasteiger partial charge on any atom is -0.346 e. The lowest BCUT2D eigenvalue weighted by molar-refractivity contribution is -0.123. The zero-order valence-electron chi connectivity index (χ0n) is 15.4. The Morgan fingerprint density at radius 3 is 2.73 bits per heavy atom. The summed E-state index contributed by atoms with van der Waals surface area (Å²) >= 11 is 0. The first kappa shape index (κ1) is 16.8. The van der Waals surface area contributed by atoms with E-state index in [0.717, 1.165) is 28.8 Å². The third kappa shape index (κ3) is 2.98. The molecule has 3 aromatic rings. The largest absolute Gasteiger partial charge is 0.346 e. The van der Waals surface area contributed by atoms with Crippen molar-refractivity contribution < 1.29 is 4.79 Å². The van der Waals surface area contributed by atoms with Crippen molar-refractivity contribution in [1.82, 2.24) is 19.9 Å². The number of nitrogens with zero attached hydrogens (tertiary/aromatic N) is 3. The smallest absolute Gasteiger partial charge is 0.224 e. The van der Waals surface area contributed by atoms with E-state index in [1.54, 1.807) is 6.20 Å². The predicted molar refractivity (Wildman–Crippen MR) is 102 cm³/mol. The van der Waals surface area contributed by atoms with Crippen molar-refractivity contribution in [3.63, 3.8) is 0 Å². The van der Waals surface area contributed by atoms with Crippen LogP contribution in [0.2, 0.25) is 0 Å². The van der Waals surface area contributed by atoms with E-state index in [1.165, 1.54) is 0 Å². The van der Waals surface area contributed by atoms with Crippen molar-refractivity contribution in [2.45, 2.75) is 45.2 Å². The normalized spacial score (nSPS) is 20.3. The van der Waals surface area contributed by atoms with Crippen molar-refractivity contribution in [1.29, 1.82) is 0 Å². The van der Waals surface area contributed by atoms with Gasteiger partial charge >= 0.3 is 0 Å². The number of aromatic nitrogens is 3. The Morgan fingerprint density at radius 2 is 2.00 bits per heavy atom. The molecule has 2 aromatic heterocycles. The molecule has 3 atom stereocenters. The van der Waals surface area contributed by atoms with Gasteiger partial charge in [-0.05, 0) is 56.9 Å². The number of rotatable bonds is 5. The highest BCUT2D eigenvalue weighted by atomic mass is 16.2. The fourth-order valence-corrected chi connectivity index (χ4v) is 3.74. The molecule has 134 valence electrons. The van der Waals surface area contributed by atoms with E-state index in [1.807, 2.05) is 43.5 Å². The highest BCUT2D eigenvalue weighted by molar-refractivity contribution is 5.83. The summed E-state index contributed by atoms with van der Waals surface area (Å²) in [5.41, 5.74) is 3.23. The van der Waals surface area contributed by atoms with E-state index >= 15 is 0 Å². The zero-order valence-corrected chi connectivity index (χ0v) is 15.4. The predicted octanol–water partition coefficient (Wildman–Crippen LogP) is 3.99. The van der Waals surface area contributed by atoms with Crippen LogP contribution >= 0.6 is 0 Å². The maximum Gasteiger partial charge on any atom is 0.224 e. The van der Waals surface area contributed by atoms with Crippen molar-refractivity contribution >= 4 is 16.9 Å².